The highest BCUT2D eigenvalue weighted by Crippen LogP contribution is 2.38. The van der Waals surface area contributed by atoms with Gasteiger partial charge in [-0.3, -0.25) is 4.79 Å². The summed E-state index contributed by atoms with van der Waals surface area (Å²) in [5.74, 6) is 2.12. The van der Waals surface area contributed by atoms with Crippen molar-refractivity contribution < 1.29 is 9.53 Å². The molecule has 2 atom stereocenters. The van der Waals surface area contributed by atoms with E-state index >= 15 is 0 Å². The topological polar surface area (TPSA) is 26.3 Å². The van der Waals surface area contributed by atoms with Crippen LogP contribution in [-0.2, 0) is 16.0 Å². The Labute approximate surface area is 140 Å². The molecule has 2 aliphatic carbocycles. The molecule has 0 aromatic heterocycles. The van der Waals surface area contributed by atoms with Crippen LogP contribution in [0.1, 0.15) is 75.3 Å². The van der Waals surface area contributed by atoms with Crippen molar-refractivity contribution in [3.63, 3.8) is 0 Å². The molecule has 3 rings (SSSR count). The monoisotopic (exact) mass is 314 g/mol. The van der Waals surface area contributed by atoms with Gasteiger partial charge in [0.25, 0.3) is 0 Å². The largest absolute Gasteiger partial charge is 0.466 e. The minimum Gasteiger partial charge on any atom is -0.466 e. The maximum absolute atomic E-state index is 11.7. The van der Waals surface area contributed by atoms with E-state index in [1.165, 1.54) is 56.1 Å². The summed E-state index contributed by atoms with van der Waals surface area (Å²) in [5, 5.41) is 0. The molecule has 0 bridgehead atoms. The summed E-state index contributed by atoms with van der Waals surface area (Å²) in [6.45, 7) is 2.38. The van der Waals surface area contributed by atoms with Crippen molar-refractivity contribution >= 4 is 5.97 Å². The molecule has 0 saturated heterocycles. The van der Waals surface area contributed by atoms with E-state index in [1.54, 1.807) is 0 Å². The molecule has 1 aromatic carbocycles. The first-order chi connectivity index (χ1) is 11.2. The van der Waals surface area contributed by atoms with Gasteiger partial charge in [-0.15, -0.1) is 0 Å². The predicted octanol–water partition coefficient (Wildman–Crippen LogP) is 5.26. The second-order valence-electron chi connectivity index (χ2n) is 7.46. The highest BCUT2D eigenvalue weighted by atomic mass is 16.5. The van der Waals surface area contributed by atoms with Gasteiger partial charge in [0.2, 0.25) is 0 Å². The lowest BCUT2D eigenvalue weighted by molar-refractivity contribution is -0.144. The summed E-state index contributed by atoms with van der Waals surface area (Å²) in [7, 11) is 0. The fraction of sp³-hybridized carbons (Fsp3) is 0.667. The van der Waals surface area contributed by atoms with Gasteiger partial charge < -0.3 is 4.74 Å². The summed E-state index contributed by atoms with van der Waals surface area (Å²) in [6, 6.07) is 9.32. The molecule has 2 unspecified atom stereocenters. The van der Waals surface area contributed by atoms with E-state index in [2.05, 4.69) is 24.3 Å². The van der Waals surface area contributed by atoms with Crippen LogP contribution in [0.4, 0.5) is 0 Å². The van der Waals surface area contributed by atoms with Crippen LogP contribution in [0, 0.1) is 11.8 Å². The van der Waals surface area contributed by atoms with Gasteiger partial charge in [-0.25, -0.2) is 0 Å². The summed E-state index contributed by atoms with van der Waals surface area (Å²) >= 11 is 0. The van der Waals surface area contributed by atoms with Crippen LogP contribution in [0.15, 0.2) is 24.3 Å². The molecule has 0 spiro atoms. The van der Waals surface area contributed by atoms with E-state index in [0.29, 0.717) is 24.9 Å². The zero-order valence-electron chi connectivity index (χ0n) is 14.4. The summed E-state index contributed by atoms with van der Waals surface area (Å²) in [6.07, 6.45) is 10.9. The number of carbonyl (C=O) groups excluding carboxylic acids is 1. The number of carbonyl (C=O) groups is 1. The molecule has 23 heavy (non-hydrogen) atoms. The van der Waals surface area contributed by atoms with Crippen LogP contribution in [-0.4, -0.2) is 12.6 Å². The van der Waals surface area contributed by atoms with Crippen LogP contribution in [0.2, 0.25) is 0 Å². The minimum absolute atomic E-state index is 0.0198. The highest BCUT2D eigenvalue weighted by Gasteiger charge is 2.25. The zero-order chi connectivity index (χ0) is 16.1. The normalized spacial score (nSPS) is 24.4. The summed E-state index contributed by atoms with van der Waals surface area (Å²) in [5.41, 5.74) is 2.95. The number of rotatable bonds is 7. The Morgan fingerprint density at radius 1 is 1.09 bits per heavy atom. The van der Waals surface area contributed by atoms with Crippen LogP contribution in [0.25, 0.3) is 0 Å². The lowest BCUT2D eigenvalue weighted by atomic mass is 9.76. The molecule has 0 amide bonds. The van der Waals surface area contributed by atoms with Gasteiger partial charge in [-0.05, 0) is 67.9 Å². The second-order valence-corrected chi connectivity index (χ2v) is 7.46. The predicted molar refractivity (Wildman–Crippen MR) is 93.4 cm³/mol. The van der Waals surface area contributed by atoms with Crippen LogP contribution in [0.5, 0.6) is 0 Å². The van der Waals surface area contributed by atoms with Crippen LogP contribution < -0.4 is 0 Å². The van der Waals surface area contributed by atoms with E-state index in [1.807, 2.05) is 6.92 Å². The Bertz CT molecular complexity index is 501. The Morgan fingerprint density at radius 3 is 2.57 bits per heavy atom. The third kappa shape index (κ3) is 5.09. The first kappa shape index (κ1) is 16.5. The molecule has 2 heteroatoms. The SMILES string of the molecule is CCOC(=O)CC1CCCC(c2ccc(CCC3CC3)cc2)C1. The van der Waals surface area contributed by atoms with E-state index in [9.17, 15) is 4.79 Å². The van der Waals surface area contributed by atoms with Crippen molar-refractivity contribution in [2.24, 2.45) is 11.8 Å². The average Bonchev–Trinajstić information content (AvgIpc) is 3.38. The van der Waals surface area contributed by atoms with Crippen LogP contribution >= 0.6 is 0 Å². The van der Waals surface area contributed by atoms with E-state index in [4.69, 9.17) is 4.74 Å². The summed E-state index contributed by atoms with van der Waals surface area (Å²) < 4.78 is 5.11. The van der Waals surface area contributed by atoms with Gasteiger partial charge in [0.05, 0.1) is 6.61 Å². The Hall–Kier alpha value is -1.31. The maximum Gasteiger partial charge on any atom is 0.306 e. The molecular weight excluding hydrogens is 284 g/mol. The number of benzene rings is 1. The molecule has 2 saturated carbocycles. The fourth-order valence-corrected chi connectivity index (χ4v) is 3.97. The van der Waals surface area contributed by atoms with Crippen molar-refractivity contribution in [3.05, 3.63) is 35.4 Å². The third-order valence-corrected chi connectivity index (χ3v) is 5.53. The van der Waals surface area contributed by atoms with Crippen molar-refractivity contribution in [2.45, 2.75) is 70.6 Å². The maximum atomic E-state index is 11.7. The number of hydrogen-bond acceptors (Lipinski definition) is 2. The number of ether oxygens (including phenoxy) is 1. The quantitative estimate of drug-likeness (QED) is 0.642. The minimum atomic E-state index is -0.0198. The van der Waals surface area contributed by atoms with Gasteiger partial charge >= 0.3 is 5.97 Å². The molecule has 0 N–H and O–H groups in total. The molecule has 0 aliphatic heterocycles. The molecule has 2 aliphatic rings. The first-order valence-corrected chi connectivity index (χ1v) is 9.49. The lowest BCUT2D eigenvalue weighted by Crippen LogP contribution is -2.18. The van der Waals surface area contributed by atoms with E-state index in [0.717, 1.165) is 12.3 Å². The Kier molecular flexibility index (Phi) is 5.75. The Morgan fingerprint density at radius 2 is 1.87 bits per heavy atom. The molecular formula is C21H30O2. The molecule has 1 aromatic rings. The third-order valence-electron chi connectivity index (χ3n) is 5.53. The first-order valence-electron chi connectivity index (χ1n) is 9.49. The van der Waals surface area contributed by atoms with Crippen molar-refractivity contribution in [1.29, 1.82) is 0 Å². The molecule has 2 fully saturated rings. The molecule has 126 valence electrons. The Balaban J connectivity index is 1.51. The van der Waals surface area contributed by atoms with Gasteiger partial charge in [0.15, 0.2) is 0 Å². The molecule has 2 nitrogen and oxygen atoms in total. The van der Waals surface area contributed by atoms with Gasteiger partial charge in [-0.1, -0.05) is 43.5 Å². The van der Waals surface area contributed by atoms with E-state index < -0.39 is 0 Å². The zero-order valence-corrected chi connectivity index (χ0v) is 14.4. The smallest absolute Gasteiger partial charge is 0.306 e. The average molecular weight is 314 g/mol. The second kappa shape index (κ2) is 7.99. The van der Waals surface area contributed by atoms with Crippen molar-refractivity contribution in [3.8, 4) is 0 Å². The van der Waals surface area contributed by atoms with Crippen LogP contribution in [0.3, 0.4) is 0 Å². The fourth-order valence-electron chi connectivity index (χ4n) is 3.97. The van der Waals surface area contributed by atoms with Gasteiger partial charge in [-0.2, -0.15) is 0 Å². The van der Waals surface area contributed by atoms with Crippen molar-refractivity contribution in [1.82, 2.24) is 0 Å². The molecule has 0 radical (unpaired) electrons. The number of aryl methyl sites for hydroxylation is 1. The summed E-state index contributed by atoms with van der Waals surface area (Å²) in [4.78, 5) is 11.7. The standard InChI is InChI=1S/C21H30O2/c1-2-23-21(22)15-18-4-3-5-20(14-18)19-12-10-17(11-13-19)9-8-16-6-7-16/h10-13,16,18,20H,2-9,14-15H2,1H3. The highest BCUT2D eigenvalue weighted by molar-refractivity contribution is 5.69. The van der Waals surface area contributed by atoms with Crippen molar-refractivity contribution in [2.75, 3.05) is 6.61 Å². The lowest BCUT2D eigenvalue weighted by Gasteiger charge is -2.29. The number of hydrogen-bond donors (Lipinski definition) is 0. The molecule has 0 heterocycles. The van der Waals surface area contributed by atoms with Gasteiger partial charge in [0.1, 0.15) is 0 Å². The van der Waals surface area contributed by atoms with Gasteiger partial charge in [0, 0.05) is 6.42 Å². The number of esters is 1. The van der Waals surface area contributed by atoms with E-state index in [-0.39, 0.29) is 5.97 Å².